The van der Waals surface area contributed by atoms with Gasteiger partial charge in [-0.25, -0.2) is 14.8 Å². The maximum atomic E-state index is 14.1. The number of rotatable bonds is 6. The number of aromatic nitrogens is 3. The Morgan fingerprint density at radius 2 is 2.03 bits per heavy atom. The van der Waals surface area contributed by atoms with Crippen LogP contribution >= 0.6 is 11.6 Å². The van der Waals surface area contributed by atoms with E-state index in [-0.39, 0.29) is 11.8 Å². The van der Waals surface area contributed by atoms with Gasteiger partial charge >= 0.3 is 0 Å². The predicted molar refractivity (Wildman–Crippen MR) is 120 cm³/mol. The maximum Gasteiger partial charge on any atom is 0.245 e. The summed E-state index contributed by atoms with van der Waals surface area (Å²) in [5.41, 5.74) is 6.50. The minimum Gasteiger partial charge on any atom is -0.378 e. The largest absolute Gasteiger partial charge is 0.378 e. The Bertz CT molecular complexity index is 1070. The molecule has 0 radical (unpaired) electrons. The lowest BCUT2D eigenvalue weighted by Gasteiger charge is -2.27. The lowest BCUT2D eigenvalue weighted by molar-refractivity contribution is 0.122. The molecule has 1 fully saturated rings. The SMILES string of the molecule is CCc1cccc(Cl)c1-c1ccc(/C=N\Nc2ncc(F)c(N3CCOCC3)n2)nc1. The smallest absolute Gasteiger partial charge is 0.245 e. The highest BCUT2D eigenvalue weighted by atomic mass is 35.5. The summed E-state index contributed by atoms with van der Waals surface area (Å²) in [5.74, 6) is -0.0240. The molecule has 2 aromatic heterocycles. The molecular formula is C22H22ClFN6O. The molecule has 0 atom stereocenters. The van der Waals surface area contributed by atoms with Crippen molar-refractivity contribution in [1.82, 2.24) is 15.0 Å². The molecule has 160 valence electrons. The third-order valence-corrected chi connectivity index (χ3v) is 5.27. The van der Waals surface area contributed by atoms with Crippen LogP contribution in [0.5, 0.6) is 0 Å². The van der Waals surface area contributed by atoms with Crippen LogP contribution in [-0.2, 0) is 11.2 Å². The van der Waals surface area contributed by atoms with E-state index in [0.29, 0.717) is 37.0 Å². The summed E-state index contributed by atoms with van der Waals surface area (Å²) in [5, 5.41) is 4.83. The fourth-order valence-electron chi connectivity index (χ4n) is 3.38. The van der Waals surface area contributed by atoms with Gasteiger partial charge in [-0.05, 0) is 24.1 Å². The topological polar surface area (TPSA) is 75.5 Å². The van der Waals surface area contributed by atoms with Crippen LogP contribution in [0, 0.1) is 5.82 Å². The van der Waals surface area contributed by atoms with Gasteiger partial charge in [0.2, 0.25) is 5.95 Å². The van der Waals surface area contributed by atoms with Gasteiger partial charge < -0.3 is 9.64 Å². The number of hydrogen-bond acceptors (Lipinski definition) is 7. The van der Waals surface area contributed by atoms with Crippen molar-refractivity contribution in [3.05, 3.63) is 64.8 Å². The number of halogens is 2. The minimum atomic E-state index is -0.472. The van der Waals surface area contributed by atoms with Gasteiger partial charge in [-0.15, -0.1) is 0 Å². The Kier molecular flexibility index (Phi) is 6.69. The van der Waals surface area contributed by atoms with Crippen molar-refractivity contribution in [2.24, 2.45) is 5.10 Å². The zero-order chi connectivity index (χ0) is 21.6. The van der Waals surface area contributed by atoms with Crippen LogP contribution in [0.2, 0.25) is 5.02 Å². The molecule has 0 spiro atoms. The number of ether oxygens (including phenoxy) is 1. The van der Waals surface area contributed by atoms with Crippen molar-refractivity contribution in [1.29, 1.82) is 0 Å². The summed E-state index contributed by atoms with van der Waals surface area (Å²) in [6.07, 6.45) is 5.34. The molecule has 3 aromatic rings. The highest BCUT2D eigenvalue weighted by molar-refractivity contribution is 6.33. The van der Waals surface area contributed by atoms with Crippen molar-refractivity contribution >= 4 is 29.6 Å². The lowest BCUT2D eigenvalue weighted by Crippen LogP contribution is -2.37. The fourth-order valence-corrected chi connectivity index (χ4v) is 3.68. The number of nitrogens with zero attached hydrogens (tertiary/aromatic N) is 5. The van der Waals surface area contributed by atoms with E-state index in [4.69, 9.17) is 16.3 Å². The van der Waals surface area contributed by atoms with Gasteiger partial charge in [0.25, 0.3) is 0 Å². The van der Waals surface area contributed by atoms with Crippen LogP contribution in [0.3, 0.4) is 0 Å². The minimum absolute atomic E-state index is 0.208. The van der Waals surface area contributed by atoms with E-state index in [1.54, 1.807) is 12.4 Å². The highest BCUT2D eigenvalue weighted by Crippen LogP contribution is 2.31. The third-order valence-electron chi connectivity index (χ3n) is 4.95. The summed E-state index contributed by atoms with van der Waals surface area (Å²) < 4.78 is 19.4. The Hall–Kier alpha value is -3.10. The van der Waals surface area contributed by atoms with E-state index in [1.807, 2.05) is 29.2 Å². The molecule has 0 unspecified atom stereocenters. The monoisotopic (exact) mass is 440 g/mol. The van der Waals surface area contributed by atoms with Gasteiger partial charge in [0.15, 0.2) is 11.6 Å². The molecular weight excluding hydrogens is 419 g/mol. The second kappa shape index (κ2) is 9.80. The summed E-state index contributed by atoms with van der Waals surface area (Å²) in [6, 6.07) is 9.71. The molecule has 31 heavy (non-hydrogen) atoms. The molecule has 4 rings (SSSR count). The van der Waals surface area contributed by atoms with E-state index >= 15 is 0 Å². The molecule has 1 N–H and O–H groups in total. The van der Waals surface area contributed by atoms with Gasteiger partial charge in [0.05, 0.1) is 31.3 Å². The van der Waals surface area contributed by atoms with E-state index < -0.39 is 5.82 Å². The number of aryl methyl sites for hydroxylation is 1. The first-order valence-electron chi connectivity index (χ1n) is 10.0. The standard InChI is InChI=1S/C22H22ClFN6O/c1-2-15-4-3-5-18(23)20(15)16-6-7-17(25-12-16)13-27-29-22-26-14-19(24)21(28-22)30-8-10-31-11-9-30/h3-7,12-14H,2,8-11H2,1H3,(H,26,28,29)/b27-13-. The molecule has 0 bridgehead atoms. The van der Waals surface area contributed by atoms with Crippen LogP contribution in [0.15, 0.2) is 47.8 Å². The molecule has 0 amide bonds. The quantitative estimate of drug-likeness (QED) is 0.458. The third kappa shape index (κ3) is 4.98. The number of nitrogens with one attached hydrogen (secondary N) is 1. The molecule has 1 aliphatic heterocycles. The maximum absolute atomic E-state index is 14.1. The van der Waals surface area contributed by atoms with Crippen LogP contribution in [0.4, 0.5) is 16.2 Å². The van der Waals surface area contributed by atoms with E-state index in [1.165, 1.54) is 5.56 Å². The molecule has 0 aliphatic carbocycles. The first-order valence-corrected chi connectivity index (χ1v) is 10.4. The zero-order valence-electron chi connectivity index (χ0n) is 17.1. The fraction of sp³-hybridized carbons (Fsp3) is 0.273. The average molecular weight is 441 g/mol. The molecule has 1 aromatic carbocycles. The van der Waals surface area contributed by atoms with Crippen LogP contribution in [0.1, 0.15) is 18.2 Å². The Balaban J connectivity index is 1.45. The van der Waals surface area contributed by atoms with Gasteiger partial charge in [-0.1, -0.05) is 36.7 Å². The second-order valence-electron chi connectivity index (χ2n) is 6.93. The van der Waals surface area contributed by atoms with Gasteiger partial charge in [-0.2, -0.15) is 10.1 Å². The normalized spacial score (nSPS) is 14.2. The Morgan fingerprint density at radius 1 is 1.19 bits per heavy atom. The van der Waals surface area contributed by atoms with Gasteiger partial charge in [-0.3, -0.25) is 4.98 Å². The van der Waals surface area contributed by atoms with Gasteiger partial charge in [0, 0.05) is 35.4 Å². The summed E-state index contributed by atoms with van der Waals surface area (Å²) in [6.45, 7) is 4.34. The van der Waals surface area contributed by atoms with E-state index in [9.17, 15) is 4.39 Å². The lowest BCUT2D eigenvalue weighted by atomic mass is 9.99. The molecule has 0 saturated carbocycles. The highest BCUT2D eigenvalue weighted by Gasteiger charge is 2.17. The Labute approximate surface area is 185 Å². The molecule has 9 heteroatoms. The van der Waals surface area contributed by atoms with Crippen molar-refractivity contribution in [2.75, 3.05) is 36.6 Å². The Morgan fingerprint density at radius 3 is 2.77 bits per heavy atom. The van der Waals surface area contributed by atoms with E-state index in [2.05, 4.69) is 38.5 Å². The zero-order valence-corrected chi connectivity index (χ0v) is 17.8. The number of pyridine rings is 1. The summed E-state index contributed by atoms with van der Waals surface area (Å²) in [4.78, 5) is 14.4. The van der Waals surface area contributed by atoms with Crippen molar-refractivity contribution in [3.63, 3.8) is 0 Å². The van der Waals surface area contributed by atoms with Crippen molar-refractivity contribution in [3.8, 4) is 11.1 Å². The first kappa shape index (κ1) is 21.1. The first-order chi connectivity index (χ1) is 15.2. The van der Waals surface area contributed by atoms with Crippen LogP contribution in [-0.4, -0.2) is 47.5 Å². The number of hydrogen-bond donors (Lipinski definition) is 1. The molecule has 7 nitrogen and oxygen atoms in total. The average Bonchev–Trinajstić information content (AvgIpc) is 2.81. The second-order valence-corrected chi connectivity index (χ2v) is 7.34. The van der Waals surface area contributed by atoms with Crippen LogP contribution < -0.4 is 10.3 Å². The molecule has 1 aliphatic rings. The number of anilines is 2. The molecule has 1 saturated heterocycles. The number of morpholine rings is 1. The summed E-state index contributed by atoms with van der Waals surface area (Å²) in [7, 11) is 0. The number of hydrazone groups is 1. The van der Waals surface area contributed by atoms with Crippen LogP contribution in [0.25, 0.3) is 11.1 Å². The molecule has 3 heterocycles. The number of benzene rings is 1. The summed E-state index contributed by atoms with van der Waals surface area (Å²) >= 11 is 6.40. The van der Waals surface area contributed by atoms with Crippen molar-refractivity contribution < 1.29 is 9.13 Å². The predicted octanol–water partition coefficient (Wildman–Crippen LogP) is 4.18. The van der Waals surface area contributed by atoms with Gasteiger partial charge in [0.1, 0.15) is 0 Å². The van der Waals surface area contributed by atoms with E-state index in [0.717, 1.165) is 23.7 Å². The van der Waals surface area contributed by atoms with Crippen molar-refractivity contribution in [2.45, 2.75) is 13.3 Å².